The van der Waals surface area contributed by atoms with Crippen LogP contribution < -0.4 is 4.90 Å². The average molecular weight is 526 g/mol. The molecule has 2 aromatic carbocycles. The number of fused-ring (bicyclic) bond motifs is 1. The highest BCUT2D eigenvalue weighted by Crippen LogP contribution is 2.36. The molecule has 2 amide bonds. The van der Waals surface area contributed by atoms with Crippen LogP contribution in [0.4, 0.5) is 5.69 Å². The number of aromatic nitrogens is 1. The molecule has 1 unspecified atom stereocenters. The number of hydrogen-bond donors (Lipinski definition) is 0. The number of ketones is 1. The third-order valence-corrected chi connectivity index (χ3v) is 7.75. The summed E-state index contributed by atoms with van der Waals surface area (Å²) in [5, 5.41) is 9.33. The van der Waals surface area contributed by atoms with Gasteiger partial charge in [0.15, 0.2) is 12.4 Å². The summed E-state index contributed by atoms with van der Waals surface area (Å²) in [6.07, 6.45) is 2.71. The molecule has 2 aliphatic rings. The van der Waals surface area contributed by atoms with Crippen LogP contribution in [0, 0.1) is 18.3 Å². The van der Waals surface area contributed by atoms with Crippen molar-refractivity contribution in [1.82, 2.24) is 4.98 Å². The molecule has 3 aromatic rings. The highest BCUT2D eigenvalue weighted by atomic mass is 32.2. The standard InChI is InChI=1S/C29H23N3O5S/c1-17-5-7-18(8-6-17)24(33)16-37-29(36)19-9-11-22(12-10-19)32-26(34)14-25(28(32)35)38-27-21(15-30)13-20-3-2-4-23(20)31-27/h5-13,25H,2-4,14,16H2,1H3. The molecule has 0 saturated carbocycles. The van der Waals surface area contributed by atoms with Crippen molar-refractivity contribution in [1.29, 1.82) is 5.26 Å². The second-order valence-electron chi connectivity index (χ2n) is 9.20. The summed E-state index contributed by atoms with van der Waals surface area (Å²) in [6, 6.07) is 16.9. The molecule has 190 valence electrons. The smallest absolute Gasteiger partial charge is 0.338 e. The Morgan fingerprint density at radius 3 is 2.50 bits per heavy atom. The van der Waals surface area contributed by atoms with Gasteiger partial charge in [0.25, 0.3) is 0 Å². The molecular weight excluding hydrogens is 502 g/mol. The van der Waals surface area contributed by atoms with E-state index in [1.54, 1.807) is 12.1 Å². The first kappa shape index (κ1) is 25.4. The molecule has 0 N–H and O–H groups in total. The number of Topliss-reactive ketones (excluding diaryl/α,β-unsaturated/α-hetero) is 1. The molecule has 0 spiro atoms. The van der Waals surface area contributed by atoms with Gasteiger partial charge < -0.3 is 4.74 Å². The fourth-order valence-corrected chi connectivity index (χ4v) is 5.61. The topological polar surface area (TPSA) is 117 Å². The fourth-order valence-electron chi connectivity index (χ4n) is 4.51. The lowest BCUT2D eigenvalue weighted by Crippen LogP contribution is -2.31. The van der Waals surface area contributed by atoms with E-state index in [4.69, 9.17) is 4.74 Å². The second-order valence-corrected chi connectivity index (χ2v) is 10.4. The van der Waals surface area contributed by atoms with Crippen molar-refractivity contribution < 1.29 is 23.9 Å². The normalized spacial score (nSPS) is 16.3. The third-order valence-electron chi connectivity index (χ3n) is 6.56. The number of esters is 1. The average Bonchev–Trinajstić information content (AvgIpc) is 3.49. The van der Waals surface area contributed by atoms with Crippen molar-refractivity contribution >= 4 is 41.0 Å². The molecule has 1 saturated heterocycles. The number of anilines is 1. The maximum atomic E-state index is 13.2. The molecule has 1 atom stereocenters. The number of amides is 2. The van der Waals surface area contributed by atoms with E-state index >= 15 is 0 Å². The van der Waals surface area contributed by atoms with E-state index < -0.39 is 23.7 Å². The summed E-state index contributed by atoms with van der Waals surface area (Å²) in [6.45, 7) is 1.52. The number of carbonyl (C=O) groups is 4. The van der Waals surface area contributed by atoms with Gasteiger partial charge in [-0.1, -0.05) is 41.6 Å². The molecular formula is C29H23N3O5S. The summed E-state index contributed by atoms with van der Waals surface area (Å²) < 4.78 is 5.15. The maximum absolute atomic E-state index is 13.2. The Hall–Kier alpha value is -4.29. The number of aryl methyl sites for hydroxylation is 3. The number of imide groups is 1. The van der Waals surface area contributed by atoms with E-state index in [1.807, 2.05) is 25.1 Å². The lowest BCUT2D eigenvalue weighted by atomic mass is 10.1. The van der Waals surface area contributed by atoms with Gasteiger partial charge in [-0.15, -0.1) is 0 Å². The first-order valence-corrected chi connectivity index (χ1v) is 13.1. The van der Waals surface area contributed by atoms with Gasteiger partial charge in [0.1, 0.15) is 11.1 Å². The molecule has 1 fully saturated rings. The van der Waals surface area contributed by atoms with Gasteiger partial charge in [0.2, 0.25) is 11.8 Å². The van der Waals surface area contributed by atoms with Crippen LogP contribution in [0.2, 0.25) is 0 Å². The number of hydrogen-bond acceptors (Lipinski definition) is 8. The molecule has 2 heterocycles. The summed E-state index contributed by atoms with van der Waals surface area (Å²) in [7, 11) is 0. The van der Waals surface area contributed by atoms with Gasteiger partial charge in [-0.3, -0.25) is 14.4 Å². The number of nitrogens with zero attached hydrogens (tertiary/aromatic N) is 3. The lowest BCUT2D eigenvalue weighted by Gasteiger charge is -2.15. The Labute approximate surface area is 223 Å². The largest absolute Gasteiger partial charge is 0.454 e. The van der Waals surface area contributed by atoms with Crippen molar-refractivity contribution in [3.05, 3.63) is 88.1 Å². The van der Waals surface area contributed by atoms with Crippen LogP contribution >= 0.6 is 11.8 Å². The highest BCUT2D eigenvalue weighted by Gasteiger charge is 2.41. The molecule has 5 rings (SSSR count). The molecule has 1 aliphatic heterocycles. The van der Waals surface area contributed by atoms with E-state index in [1.165, 1.54) is 24.3 Å². The summed E-state index contributed by atoms with van der Waals surface area (Å²) in [5.74, 6) is -1.77. The molecule has 0 bridgehead atoms. The number of pyridine rings is 1. The van der Waals surface area contributed by atoms with E-state index in [0.717, 1.165) is 52.7 Å². The molecule has 9 heteroatoms. The quantitative estimate of drug-likeness (QED) is 0.256. The van der Waals surface area contributed by atoms with Crippen LogP contribution in [0.25, 0.3) is 0 Å². The van der Waals surface area contributed by atoms with Crippen LogP contribution in [0.1, 0.15) is 55.9 Å². The second kappa shape index (κ2) is 10.6. The zero-order valence-corrected chi connectivity index (χ0v) is 21.4. The Morgan fingerprint density at radius 2 is 1.79 bits per heavy atom. The van der Waals surface area contributed by atoms with Gasteiger partial charge in [-0.05, 0) is 62.1 Å². The van der Waals surface area contributed by atoms with E-state index in [-0.39, 0.29) is 23.7 Å². The van der Waals surface area contributed by atoms with E-state index in [9.17, 15) is 24.4 Å². The van der Waals surface area contributed by atoms with Crippen molar-refractivity contribution in [3.8, 4) is 6.07 Å². The molecule has 0 radical (unpaired) electrons. The first-order valence-electron chi connectivity index (χ1n) is 12.2. The minimum Gasteiger partial charge on any atom is -0.454 e. The fraction of sp³-hybridized carbons (Fsp3) is 0.241. The van der Waals surface area contributed by atoms with Gasteiger partial charge in [0.05, 0.1) is 22.1 Å². The number of benzene rings is 2. The zero-order valence-electron chi connectivity index (χ0n) is 20.6. The molecule has 8 nitrogen and oxygen atoms in total. The number of rotatable bonds is 7. The van der Waals surface area contributed by atoms with Crippen LogP contribution in [-0.2, 0) is 27.2 Å². The predicted octanol–water partition coefficient (Wildman–Crippen LogP) is 4.21. The summed E-state index contributed by atoms with van der Waals surface area (Å²) in [4.78, 5) is 56.3. The van der Waals surface area contributed by atoms with E-state index in [0.29, 0.717) is 21.8 Å². The Balaban J connectivity index is 1.23. The van der Waals surface area contributed by atoms with Crippen molar-refractivity contribution in [2.45, 2.75) is 42.9 Å². The minimum atomic E-state index is -0.695. The Morgan fingerprint density at radius 1 is 1.08 bits per heavy atom. The monoisotopic (exact) mass is 525 g/mol. The highest BCUT2D eigenvalue weighted by molar-refractivity contribution is 8.00. The van der Waals surface area contributed by atoms with Crippen molar-refractivity contribution in [2.24, 2.45) is 0 Å². The van der Waals surface area contributed by atoms with Gasteiger partial charge >= 0.3 is 5.97 Å². The first-order chi connectivity index (χ1) is 18.3. The van der Waals surface area contributed by atoms with Crippen LogP contribution in [0.5, 0.6) is 0 Å². The van der Waals surface area contributed by atoms with Gasteiger partial charge in [-0.25, -0.2) is 14.7 Å². The number of nitriles is 1. The Bertz CT molecular complexity index is 1490. The summed E-state index contributed by atoms with van der Waals surface area (Å²) >= 11 is 1.14. The molecule has 1 aromatic heterocycles. The number of thioether (sulfide) groups is 1. The third kappa shape index (κ3) is 5.08. The number of ether oxygens (including phenoxy) is 1. The van der Waals surface area contributed by atoms with Crippen LogP contribution in [-0.4, -0.2) is 40.4 Å². The molecule has 38 heavy (non-hydrogen) atoms. The molecule has 1 aliphatic carbocycles. The van der Waals surface area contributed by atoms with Gasteiger partial charge in [-0.2, -0.15) is 5.26 Å². The number of carbonyl (C=O) groups excluding carboxylic acids is 4. The van der Waals surface area contributed by atoms with Gasteiger partial charge in [0, 0.05) is 17.7 Å². The van der Waals surface area contributed by atoms with Crippen molar-refractivity contribution in [3.63, 3.8) is 0 Å². The minimum absolute atomic E-state index is 0.0158. The van der Waals surface area contributed by atoms with Crippen LogP contribution in [0.3, 0.4) is 0 Å². The zero-order chi connectivity index (χ0) is 26.8. The van der Waals surface area contributed by atoms with Crippen LogP contribution in [0.15, 0.2) is 59.6 Å². The predicted molar refractivity (Wildman–Crippen MR) is 140 cm³/mol. The summed E-state index contributed by atoms with van der Waals surface area (Å²) in [5.41, 5.74) is 4.43. The van der Waals surface area contributed by atoms with Crippen molar-refractivity contribution in [2.75, 3.05) is 11.5 Å². The van der Waals surface area contributed by atoms with E-state index in [2.05, 4.69) is 11.1 Å². The Kier molecular flexibility index (Phi) is 7.07. The SMILES string of the molecule is Cc1ccc(C(=O)COC(=O)c2ccc(N3C(=O)CC(Sc4nc5c(cc4C#N)CCC5)C3=O)cc2)cc1. The maximum Gasteiger partial charge on any atom is 0.338 e. The lowest BCUT2D eigenvalue weighted by molar-refractivity contribution is -0.121.